The van der Waals surface area contributed by atoms with Gasteiger partial charge in [-0.15, -0.1) is 0 Å². The summed E-state index contributed by atoms with van der Waals surface area (Å²) >= 11 is 5.32. The molecule has 0 spiro atoms. The quantitative estimate of drug-likeness (QED) is 0.673. The number of allylic oxidation sites excluding steroid dienone is 1. The van der Waals surface area contributed by atoms with Crippen LogP contribution < -0.4 is 0 Å². The number of hydrogen-bond acceptors (Lipinski definition) is 3. The molecule has 0 aromatic heterocycles. The Bertz CT molecular complexity index is 320. The molecule has 0 aromatic carbocycles. The predicted octanol–water partition coefficient (Wildman–Crippen LogP) is 1.13. The molecule has 0 saturated carbocycles. The summed E-state index contributed by atoms with van der Waals surface area (Å²) < 4.78 is 22.3. The normalized spacial score (nSPS) is 32.4. The fourth-order valence-electron chi connectivity index (χ4n) is 1.52. The van der Waals surface area contributed by atoms with E-state index in [4.69, 9.17) is 11.6 Å². The second-order valence-corrected chi connectivity index (χ2v) is 5.82. The molecular formula is C8H11ClO3S. The summed E-state index contributed by atoms with van der Waals surface area (Å²) in [4.78, 5) is 10.8. The highest BCUT2D eigenvalue weighted by Crippen LogP contribution is 2.33. The van der Waals surface area contributed by atoms with Crippen LogP contribution in [-0.4, -0.2) is 26.2 Å². The minimum Gasteiger partial charge on any atom is -0.303 e. The molecule has 0 bridgehead atoms. The van der Waals surface area contributed by atoms with Gasteiger partial charge < -0.3 is 4.79 Å². The molecule has 0 amide bonds. The van der Waals surface area contributed by atoms with Crippen LogP contribution >= 0.6 is 11.6 Å². The average Bonchev–Trinajstić information content (AvgIpc) is 2.40. The summed E-state index contributed by atoms with van der Waals surface area (Å²) in [5.41, 5.74) is 0.598. The Labute approximate surface area is 82.7 Å². The lowest BCUT2D eigenvalue weighted by molar-refractivity contribution is -0.114. The van der Waals surface area contributed by atoms with E-state index >= 15 is 0 Å². The van der Waals surface area contributed by atoms with Crippen molar-refractivity contribution in [3.05, 3.63) is 11.6 Å². The summed E-state index contributed by atoms with van der Waals surface area (Å²) in [5, 5.41) is 0. The monoisotopic (exact) mass is 222 g/mol. The van der Waals surface area contributed by atoms with E-state index in [1.807, 2.05) is 0 Å². The van der Waals surface area contributed by atoms with Gasteiger partial charge in [-0.05, 0) is 12.8 Å². The van der Waals surface area contributed by atoms with Crippen molar-refractivity contribution in [2.45, 2.75) is 12.8 Å². The smallest absolute Gasteiger partial charge is 0.151 e. The van der Waals surface area contributed by atoms with Gasteiger partial charge in [0.15, 0.2) is 9.84 Å². The highest BCUT2D eigenvalue weighted by molar-refractivity contribution is 7.91. The molecule has 1 aliphatic heterocycles. The summed E-state index contributed by atoms with van der Waals surface area (Å²) in [6.07, 6.45) is 3.20. The van der Waals surface area contributed by atoms with E-state index in [1.54, 1.807) is 6.08 Å². The molecule has 0 radical (unpaired) electrons. The minimum absolute atomic E-state index is 0.0370. The van der Waals surface area contributed by atoms with Crippen molar-refractivity contribution < 1.29 is 13.2 Å². The van der Waals surface area contributed by atoms with Gasteiger partial charge >= 0.3 is 0 Å². The molecule has 1 unspecified atom stereocenters. The lowest BCUT2D eigenvalue weighted by Gasteiger charge is -2.16. The van der Waals surface area contributed by atoms with Gasteiger partial charge in [0, 0.05) is 11.0 Å². The third kappa shape index (κ3) is 2.54. The van der Waals surface area contributed by atoms with Crippen LogP contribution in [0.3, 0.4) is 0 Å². The molecule has 74 valence electrons. The third-order valence-electron chi connectivity index (χ3n) is 2.28. The number of aldehydes is 1. The third-order valence-corrected chi connectivity index (χ3v) is 4.30. The van der Waals surface area contributed by atoms with E-state index in [-0.39, 0.29) is 11.5 Å². The zero-order valence-corrected chi connectivity index (χ0v) is 8.64. The maximum atomic E-state index is 11.2. The van der Waals surface area contributed by atoms with Gasteiger partial charge in [0.05, 0.1) is 11.5 Å². The van der Waals surface area contributed by atoms with Crippen LogP contribution in [0.5, 0.6) is 0 Å². The van der Waals surface area contributed by atoms with Gasteiger partial charge in [0.1, 0.15) is 6.29 Å². The first-order chi connectivity index (χ1) is 6.04. The van der Waals surface area contributed by atoms with Crippen molar-refractivity contribution in [2.75, 3.05) is 11.5 Å². The molecule has 0 aliphatic carbocycles. The van der Waals surface area contributed by atoms with Crippen LogP contribution in [0.1, 0.15) is 12.8 Å². The van der Waals surface area contributed by atoms with E-state index in [1.165, 1.54) is 5.54 Å². The van der Waals surface area contributed by atoms with E-state index < -0.39 is 15.3 Å². The summed E-state index contributed by atoms with van der Waals surface area (Å²) in [6.45, 7) is 0. The topological polar surface area (TPSA) is 51.2 Å². The predicted molar refractivity (Wildman–Crippen MR) is 51.4 cm³/mol. The molecule has 1 heterocycles. The van der Waals surface area contributed by atoms with Gasteiger partial charge in [0.2, 0.25) is 0 Å². The Morgan fingerprint density at radius 1 is 1.46 bits per heavy atom. The molecule has 1 fully saturated rings. The standard InChI is InChI=1S/C8H11ClO3S/c9-4-1-2-8(6-10)3-5-13(11,12)7-8/h1,4,6H,2-3,5,7H2/b4-1+. The lowest BCUT2D eigenvalue weighted by atomic mass is 9.86. The van der Waals surface area contributed by atoms with Crippen molar-refractivity contribution >= 4 is 27.7 Å². The first-order valence-electron chi connectivity index (χ1n) is 3.96. The first-order valence-corrected chi connectivity index (χ1v) is 6.21. The number of hydrogen-bond donors (Lipinski definition) is 0. The zero-order valence-electron chi connectivity index (χ0n) is 7.07. The number of sulfone groups is 1. The summed E-state index contributed by atoms with van der Waals surface area (Å²) in [6, 6.07) is 0. The van der Waals surface area contributed by atoms with Gasteiger partial charge in [-0.3, -0.25) is 0 Å². The number of carbonyl (C=O) groups excluding carboxylic acids is 1. The fourth-order valence-corrected chi connectivity index (χ4v) is 3.68. The first kappa shape index (κ1) is 10.7. The Morgan fingerprint density at radius 3 is 2.54 bits per heavy atom. The van der Waals surface area contributed by atoms with Crippen molar-refractivity contribution in [2.24, 2.45) is 5.41 Å². The van der Waals surface area contributed by atoms with E-state index in [0.717, 1.165) is 6.29 Å². The van der Waals surface area contributed by atoms with Crippen LogP contribution in [-0.2, 0) is 14.6 Å². The van der Waals surface area contributed by atoms with Crippen molar-refractivity contribution in [3.63, 3.8) is 0 Å². The van der Waals surface area contributed by atoms with Crippen molar-refractivity contribution in [1.29, 1.82) is 0 Å². The van der Waals surface area contributed by atoms with Gasteiger partial charge in [-0.1, -0.05) is 17.7 Å². The molecule has 1 rings (SSSR count). The van der Waals surface area contributed by atoms with Gasteiger partial charge in [-0.2, -0.15) is 0 Å². The Balaban J connectivity index is 2.80. The van der Waals surface area contributed by atoms with E-state index in [2.05, 4.69) is 0 Å². The highest BCUT2D eigenvalue weighted by atomic mass is 35.5. The summed E-state index contributed by atoms with van der Waals surface area (Å²) in [7, 11) is -3.00. The van der Waals surface area contributed by atoms with Crippen LogP contribution in [0.4, 0.5) is 0 Å². The molecule has 0 aromatic rings. The summed E-state index contributed by atoms with van der Waals surface area (Å²) in [5.74, 6) is 0.0760. The van der Waals surface area contributed by atoms with E-state index in [9.17, 15) is 13.2 Å². The molecular weight excluding hydrogens is 212 g/mol. The molecule has 1 saturated heterocycles. The molecule has 1 atom stereocenters. The molecule has 0 N–H and O–H groups in total. The SMILES string of the molecule is O=CC1(C/C=C/Cl)CCS(=O)(=O)C1. The second kappa shape index (κ2) is 3.80. The Hall–Kier alpha value is -0.350. The van der Waals surface area contributed by atoms with Crippen molar-refractivity contribution in [1.82, 2.24) is 0 Å². The van der Waals surface area contributed by atoms with Crippen molar-refractivity contribution in [3.8, 4) is 0 Å². The van der Waals surface area contributed by atoms with Crippen LogP contribution in [0, 0.1) is 5.41 Å². The Morgan fingerprint density at radius 2 is 2.15 bits per heavy atom. The maximum Gasteiger partial charge on any atom is 0.151 e. The highest BCUT2D eigenvalue weighted by Gasteiger charge is 2.41. The number of halogens is 1. The minimum atomic E-state index is -3.00. The molecule has 5 heteroatoms. The second-order valence-electron chi connectivity index (χ2n) is 3.39. The van der Waals surface area contributed by atoms with Crippen LogP contribution in [0.25, 0.3) is 0 Å². The van der Waals surface area contributed by atoms with E-state index in [0.29, 0.717) is 12.8 Å². The number of carbonyl (C=O) groups is 1. The number of rotatable bonds is 3. The molecule has 3 nitrogen and oxygen atoms in total. The van der Waals surface area contributed by atoms with Gasteiger partial charge in [0.25, 0.3) is 0 Å². The average molecular weight is 223 g/mol. The largest absolute Gasteiger partial charge is 0.303 e. The van der Waals surface area contributed by atoms with Crippen LogP contribution in [0.2, 0.25) is 0 Å². The zero-order chi connectivity index (χ0) is 9.95. The van der Waals surface area contributed by atoms with Crippen LogP contribution in [0.15, 0.2) is 11.6 Å². The molecule has 13 heavy (non-hydrogen) atoms. The fraction of sp³-hybridized carbons (Fsp3) is 0.625. The lowest BCUT2D eigenvalue weighted by Crippen LogP contribution is -2.23. The van der Waals surface area contributed by atoms with Gasteiger partial charge in [-0.25, -0.2) is 8.42 Å². The Kier molecular flexibility index (Phi) is 3.14. The maximum absolute atomic E-state index is 11.2. The molecule has 1 aliphatic rings.